The van der Waals surface area contributed by atoms with Crippen LogP contribution in [0.2, 0.25) is 0 Å². The molecule has 0 saturated carbocycles. The lowest BCUT2D eigenvalue weighted by atomic mass is 10.0. The summed E-state index contributed by atoms with van der Waals surface area (Å²) >= 11 is 0. The Labute approximate surface area is 159 Å². The monoisotopic (exact) mass is 380 g/mol. The minimum Gasteiger partial charge on any atom is -0.497 e. The van der Waals surface area contributed by atoms with E-state index in [-0.39, 0.29) is 4.90 Å². The van der Waals surface area contributed by atoms with E-state index in [1.165, 1.54) is 4.31 Å². The van der Waals surface area contributed by atoms with Gasteiger partial charge < -0.3 is 4.74 Å². The maximum Gasteiger partial charge on any atom is 0.265 e. The average molecular weight is 380 g/mol. The first kappa shape index (κ1) is 17.5. The molecule has 5 nitrogen and oxygen atoms in total. The van der Waals surface area contributed by atoms with Gasteiger partial charge in [0, 0.05) is 6.42 Å². The fourth-order valence-corrected chi connectivity index (χ4v) is 4.83. The molecule has 6 heteroatoms. The van der Waals surface area contributed by atoms with Crippen LogP contribution in [-0.4, -0.2) is 38.8 Å². The number of ether oxygens (including phenoxy) is 1. The molecule has 4 rings (SSSR count). The molecule has 0 spiro atoms. The van der Waals surface area contributed by atoms with Gasteiger partial charge in [-0.2, -0.15) is 0 Å². The first-order chi connectivity index (χ1) is 13.1. The normalized spacial score (nSPS) is 14.4. The second kappa shape index (κ2) is 7.04. The van der Waals surface area contributed by atoms with Crippen LogP contribution in [0.5, 0.6) is 5.75 Å². The lowest BCUT2D eigenvalue weighted by molar-refractivity contribution is 0.414. The van der Waals surface area contributed by atoms with E-state index in [0.29, 0.717) is 31.1 Å². The second-order valence-corrected chi connectivity index (χ2v) is 8.23. The Morgan fingerprint density at radius 3 is 2.52 bits per heavy atom. The topological polar surface area (TPSA) is 59.0 Å². The molecule has 1 aliphatic rings. The maximum absolute atomic E-state index is 13.1. The van der Waals surface area contributed by atoms with Crippen molar-refractivity contribution in [3.63, 3.8) is 0 Å². The number of hydrogen-bond donors (Lipinski definition) is 0. The number of methoxy groups -OCH3 is 1. The van der Waals surface area contributed by atoms with Crippen LogP contribution in [0, 0.1) is 0 Å². The molecule has 0 radical (unpaired) electrons. The van der Waals surface area contributed by atoms with Gasteiger partial charge in [0.15, 0.2) is 0 Å². The third kappa shape index (κ3) is 3.28. The summed E-state index contributed by atoms with van der Waals surface area (Å²) in [6, 6.07) is 20.6. The van der Waals surface area contributed by atoms with Gasteiger partial charge in [-0.15, -0.1) is 0 Å². The lowest BCUT2D eigenvalue weighted by Gasteiger charge is -2.21. The molecule has 0 aromatic heterocycles. The van der Waals surface area contributed by atoms with Crippen LogP contribution in [0.3, 0.4) is 0 Å². The highest BCUT2D eigenvalue weighted by molar-refractivity contribution is 7.89. The molecule has 1 heterocycles. The summed E-state index contributed by atoms with van der Waals surface area (Å²) in [7, 11) is -2.08. The summed E-state index contributed by atoms with van der Waals surface area (Å²) in [4.78, 5) is 4.73. The minimum absolute atomic E-state index is 0.246. The zero-order valence-corrected chi connectivity index (χ0v) is 15.8. The fraction of sp³-hybridized carbons (Fsp3) is 0.190. The first-order valence-electron chi connectivity index (χ1n) is 8.76. The van der Waals surface area contributed by atoms with Crippen LogP contribution >= 0.6 is 0 Å². The maximum atomic E-state index is 13.1. The largest absolute Gasteiger partial charge is 0.497 e. The van der Waals surface area contributed by atoms with E-state index >= 15 is 0 Å². The van der Waals surface area contributed by atoms with Gasteiger partial charge in [-0.3, -0.25) is 9.30 Å². The van der Waals surface area contributed by atoms with Crippen LogP contribution in [0.15, 0.2) is 76.6 Å². The molecule has 0 N–H and O–H groups in total. The molecule has 0 aliphatic carbocycles. The van der Waals surface area contributed by atoms with E-state index < -0.39 is 10.0 Å². The van der Waals surface area contributed by atoms with Crippen LogP contribution in [0.25, 0.3) is 10.8 Å². The molecule has 0 bridgehead atoms. The first-order valence-corrected chi connectivity index (χ1v) is 10.2. The van der Waals surface area contributed by atoms with E-state index in [1.807, 2.05) is 24.3 Å². The molecule has 0 fully saturated rings. The van der Waals surface area contributed by atoms with Crippen molar-refractivity contribution in [3.05, 3.63) is 72.3 Å². The molecule has 0 atom stereocenters. The van der Waals surface area contributed by atoms with Gasteiger partial charge in [0.1, 0.15) is 11.6 Å². The third-order valence-electron chi connectivity index (χ3n) is 4.76. The number of hydrogen-bond acceptors (Lipinski definition) is 4. The number of amidine groups is 1. The smallest absolute Gasteiger partial charge is 0.265 e. The van der Waals surface area contributed by atoms with Crippen molar-refractivity contribution in [1.29, 1.82) is 0 Å². The zero-order valence-electron chi connectivity index (χ0n) is 15.0. The number of sulfonamides is 1. The standard InChI is InChI=1S/C21H20N2O3S/c1-26-18-9-11-19(12-10-18)27(24,25)23-14-13-22-21(23)15-17-7-4-6-16-5-2-3-8-20(16)17/h2-12H,13-15H2,1H3. The number of benzene rings is 3. The Hall–Kier alpha value is -2.86. The Bertz CT molecular complexity index is 1100. The number of aliphatic imine (C=N–C) groups is 1. The molecule has 138 valence electrons. The molecular weight excluding hydrogens is 360 g/mol. The van der Waals surface area contributed by atoms with E-state index in [9.17, 15) is 8.42 Å². The quantitative estimate of drug-likeness (QED) is 0.681. The molecule has 1 aliphatic heterocycles. The summed E-state index contributed by atoms with van der Waals surface area (Å²) < 4.78 is 32.7. The van der Waals surface area contributed by atoms with Crippen molar-refractivity contribution in [1.82, 2.24) is 4.31 Å². The highest BCUT2D eigenvalue weighted by atomic mass is 32.2. The fourth-order valence-electron chi connectivity index (χ4n) is 3.37. The van der Waals surface area contributed by atoms with Gasteiger partial charge in [0.25, 0.3) is 10.0 Å². The van der Waals surface area contributed by atoms with Gasteiger partial charge in [0.2, 0.25) is 0 Å². The summed E-state index contributed by atoms with van der Waals surface area (Å²) in [5, 5.41) is 2.26. The Morgan fingerprint density at radius 1 is 1.00 bits per heavy atom. The van der Waals surface area contributed by atoms with Gasteiger partial charge >= 0.3 is 0 Å². The summed E-state index contributed by atoms with van der Waals surface area (Å²) in [6.07, 6.45) is 0.483. The minimum atomic E-state index is -3.64. The summed E-state index contributed by atoms with van der Waals surface area (Å²) in [6.45, 7) is 0.851. The molecule has 27 heavy (non-hydrogen) atoms. The van der Waals surface area contributed by atoms with Gasteiger partial charge in [-0.1, -0.05) is 42.5 Å². The molecule has 3 aromatic carbocycles. The number of nitrogens with zero attached hydrogens (tertiary/aromatic N) is 2. The van der Waals surface area contributed by atoms with Crippen LogP contribution < -0.4 is 4.74 Å². The van der Waals surface area contributed by atoms with Crippen molar-refractivity contribution < 1.29 is 13.2 Å². The van der Waals surface area contributed by atoms with Crippen molar-refractivity contribution in [2.24, 2.45) is 4.99 Å². The van der Waals surface area contributed by atoms with Crippen molar-refractivity contribution in [2.75, 3.05) is 20.2 Å². The van der Waals surface area contributed by atoms with Gasteiger partial charge in [0.05, 0.1) is 25.1 Å². The Morgan fingerprint density at radius 2 is 1.74 bits per heavy atom. The van der Waals surface area contributed by atoms with E-state index in [4.69, 9.17) is 4.74 Å². The van der Waals surface area contributed by atoms with E-state index in [2.05, 4.69) is 23.2 Å². The van der Waals surface area contributed by atoms with E-state index in [0.717, 1.165) is 16.3 Å². The molecule has 3 aromatic rings. The highest BCUT2D eigenvalue weighted by Gasteiger charge is 2.30. The van der Waals surface area contributed by atoms with Crippen LogP contribution in [-0.2, 0) is 16.4 Å². The predicted molar refractivity (Wildman–Crippen MR) is 107 cm³/mol. The SMILES string of the molecule is COc1ccc(S(=O)(=O)N2CCN=C2Cc2cccc3ccccc23)cc1. The van der Waals surface area contributed by atoms with Gasteiger partial charge in [-0.25, -0.2) is 8.42 Å². The number of rotatable bonds is 5. The average Bonchev–Trinajstić information content (AvgIpc) is 3.17. The molecular formula is C21H20N2O3S. The molecule has 0 amide bonds. The third-order valence-corrected chi connectivity index (χ3v) is 6.60. The molecule has 0 unspecified atom stereocenters. The van der Waals surface area contributed by atoms with Crippen molar-refractivity contribution >= 4 is 26.6 Å². The van der Waals surface area contributed by atoms with Crippen LogP contribution in [0.1, 0.15) is 5.56 Å². The zero-order chi connectivity index (χ0) is 18.9. The van der Waals surface area contributed by atoms with E-state index in [1.54, 1.807) is 31.4 Å². The summed E-state index contributed by atoms with van der Waals surface area (Å²) in [5.41, 5.74) is 1.07. The van der Waals surface area contributed by atoms with Crippen molar-refractivity contribution in [2.45, 2.75) is 11.3 Å². The van der Waals surface area contributed by atoms with Crippen molar-refractivity contribution in [3.8, 4) is 5.75 Å². The Kier molecular flexibility index (Phi) is 4.58. The predicted octanol–water partition coefficient (Wildman–Crippen LogP) is 3.49. The Balaban J connectivity index is 1.65. The number of fused-ring (bicyclic) bond motifs is 1. The van der Waals surface area contributed by atoms with Crippen LogP contribution in [0.4, 0.5) is 0 Å². The lowest BCUT2D eigenvalue weighted by Crippen LogP contribution is -2.35. The van der Waals surface area contributed by atoms with Gasteiger partial charge in [-0.05, 0) is 40.6 Å². The summed E-state index contributed by atoms with van der Waals surface area (Å²) in [5.74, 6) is 1.21. The highest BCUT2D eigenvalue weighted by Crippen LogP contribution is 2.25. The molecule has 0 saturated heterocycles. The second-order valence-electron chi connectivity index (χ2n) is 6.37.